The van der Waals surface area contributed by atoms with Gasteiger partial charge >= 0.3 is 0 Å². The average Bonchev–Trinajstić information content (AvgIpc) is 3.02. The zero-order valence-electron chi connectivity index (χ0n) is 13.5. The van der Waals surface area contributed by atoms with Crippen LogP contribution in [0.15, 0.2) is 46.9 Å². The summed E-state index contributed by atoms with van der Waals surface area (Å²) in [7, 11) is 1.62. The van der Waals surface area contributed by atoms with Crippen molar-refractivity contribution >= 4 is 34.9 Å². The van der Waals surface area contributed by atoms with Crippen LogP contribution in [-0.2, 0) is 0 Å². The van der Waals surface area contributed by atoms with E-state index in [0.29, 0.717) is 11.5 Å². The van der Waals surface area contributed by atoms with E-state index in [9.17, 15) is 0 Å². The molecule has 0 aliphatic carbocycles. The molecule has 124 valence electrons. The molecule has 0 fully saturated rings. The fraction of sp³-hybridized carbons (Fsp3) is 0.211. The molecule has 0 saturated heterocycles. The minimum absolute atomic E-state index is 0.303. The molecule has 0 radical (unpaired) electrons. The third kappa shape index (κ3) is 3.89. The smallest absolute Gasteiger partial charge is 0.220 e. The molecule has 2 aromatic carbocycles. The Bertz CT molecular complexity index is 839. The van der Waals surface area contributed by atoms with Gasteiger partial charge in [0.25, 0.3) is 0 Å². The van der Waals surface area contributed by atoms with Crippen molar-refractivity contribution in [2.45, 2.75) is 18.9 Å². The lowest BCUT2D eigenvalue weighted by Gasteiger charge is -2.10. The molecule has 0 spiro atoms. The molecule has 3 rings (SSSR count). The molecular formula is C19H18ClNO3. The second-order valence-electron chi connectivity index (χ2n) is 5.22. The summed E-state index contributed by atoms with van der Waals surface area (Å²) in [4.78, 5) is 4.42. The van der Waals surface area contributed by atoms with Crippen LogP contribution in [0.25, 0.3) is 23.3 Å². The van der Waals surface area contributed by atoms with Crippen LogP contribution in [0.5, 0.6) is 11.5 Å². The number of benzene rings is 2. The van der Waals surface area contributed by atoms with Gasteiger partial charge in [0.15, 0.2) is 11.1 Å². The van der Waals surface area contributed by atoms with Gasteiger partial charge in [-0.25, -0.2) is 4.98 Å². The highest BCUT2D eigenvalue weighted by molar-refractivity contribution is 6.19. The Morgan fingerprint density at radius 3 is 2.58 bits per heavy atom. The van der Waals surface area contributed by atoms with E-state index < -0.39 is 0 Å². The van der Waals surface area contributed by atoms with Crippen molar-refractivity contribution in [3.05, 3.63) is 53.9 Å². The fourth-order valence-electron chi connectivity index (χ4n) is 2.18. The summed E-state index contributed by atoms with van der Waals surface area (Å²) in [6.07, 6.45) is 4.52. The topological polar surface area (TPSA) is 44.5 Å². The van der Waals surface area contributed by atoms with Crippen molar-refractivity contribution in [3.63, 3.8) is 0 Å². The maximum absolute atomic E-state index is 5.98. The maximum Gasteiger partial charge on any atom is 0.220 e. The Morgan fingerprint density at radius 1 is 1.12 bits per heavy atom. The molecule has 1 atom stereocenters. The van der Waals surface area contributed by atoms with Crippen LogP contribution in [0.4, 0.5) is 0 Å². The lowest BCUT2D eigenvalue weighted by molar-refractivity contribution is 0.277. The highest BCUT2D eigenvalue weighted by atomic mass is 35.5. The Hall–Kier alpha value is -2.46. The molecule has 0 N–H and O–H groups in total. The van der Waals surface area contributed by atoms with Crippen molar-refractivity contribution in [1.82, 2.24) is 4.98 Å². The van der Waals surface area contributed by atoms with Crippen molar-refractivity contribution in [1.29, 1.82) is 0 Å². The number of oxazole rings is 1. The third-order valence-electron chi connectivity index (χ3n) is 3.50. The molecule has 0 bridgehead atoms. The summed E-state index contributed by atoms with van der Waals surface area (Å²) in [6.45, 7) is 1.98. The van der Waals surface area contributed by atoms with Crippen LogP contribution in [-0.4, -0.2) is 17.7 Å². The Morgan fingerprint density at radius 2 is 1.88 bits per heavy atom. The van der Waals surface area contributed by atoms with Gasteiger partial charge in [-0.3, -0.25) is 0 Å². The number of methoxy groups -OCH3 is 1. The molecule has 1 aromatic heterocycles. The highest BCUT2D eigenvalue weighted by Crippen LogP contribution is 2.23. The van der Waals surface area contributed by atoms with E-state index in [4.69, 9.17) is 25.5 Å². The number of nitrogens with zero attached hydrogens (tertiary/aromatic N) is 1. The number of alkyl halides is 1. The summed E-state index contributed by atoms with van der Waals surface area (Å²) in [5.74, 6) is 2.04. The van der Waals surface area contributed by atoms with Crippen LogP contribution < -0.4 is 9.47 Å². The molecule has 0 amide bonds. The van der Waals surface area contributed by atoms with E-state index >= 15 is 0 Å². The number of fused-ring (bicyclic) bond motifs is 1. The molecule has 4 nitrogen and oxygen atoms in total. The second kappa shape index (κ2) is 7.41. The van der Waals surface area contributed by atoms with E-state index in [1.165, 1.54) is 0 Å². The minimum atomic E-state index is -0.303. The average molecular weight is 344 g/mol. The first-order valence-corrected chi connectivity index (χ1v) is 8.15. The van der Waals surface area contributed by atoms with Crippen molar-refractivity contribution in [3.8, 4) is 11.5 Å². The molecule has 24 heavy (non-hydrogen) atoms. The number of ether oxygens (including phenoxy) is 2. The van der Waals surface area contributed by atoms with E-state index in [0.717, 1.165) is 29.0 Å². The summed E-state index contributed by atoms with van der Waals surface area (Å²) in [6, 6.07) is 13.2. The lowest BCUT2D eigenvalue weighted by Crippen LogP contribution is -2.06. The van der Waals surface area contributed by atoms with Crippen LogP contribution in [0.2, 0.25) is 0 Å². The number of halogens is 1. The van der Waals surface area contributed by atoms with Gasteiger partial charge in [-0.05, 0) is 42.3 Å². The van der Waals surface area contributed by atoms with Gasteiger partial charge < -0.3 is 13.9 Å². The van der Waals surface area contributed by atoms with Crippen LogP contribution in [0.1, 0.15) is 24.8 Å². The monoisotopic (exact) mass is 343 g/mol. The molecule has 3 aromatic rings. The van der Waals surface area contributed by atoms with Gasteiger partial charge in [0.1, 0.15) is 17.0 Å². The van der Waals surface area contributed by atoms with Crippen molar-refractivity contribution in [2.75, 3.05) is 7.11 Å². The zero-order chi connectivity index (χ0) is 16.9. The molecule has 1 heterocycles. The Labute approximate surface area is 145 Å². The molecule has 5 heteroatoms. The summed E-state index contributed by atoms with van der Waals surface area (Å²) >= 11 is 5.98. The quantitative estimate of drug-likeness (QED) is 0.565. The first kappa shape index (κ1) is 16.4. The summed E-state index contributed by atoms with van der Waals surface area (Å²) in [5.41, 5.74) is 2.21. The van der Waals surface area contributed by atoms with Gasteiger partial charge in [-0.1, -0.05) is 30.7 Å². The predicted molar refractivity (Wildman–Crippen MR) is 96.5 cm³/mol. The summed E-state index contributed by atoms with van der Waals surface area (Å²) in [5, 5.41) is 0. The standard InChI is InChI=1S/C19H18ClNO3/c1-3-18(20)23-14-7-4-13(5-8-14)6-11-19-21-16-10-9-15(22-2)12-17(16)24-19/h4-12,18H,3H2,1-2H3/b11-6+. The molecule has 0 saturated carbocycles. The lowest BCUT2D eigenvalue weighted by atomic mass is 10.2. The Kier molecular flexibility index (Phi) is 5.06. The maximum atomic E-state index is 5.98. The van der Waals surface area contributed by atoms with Gasteiger partial charge in [0.05, 0.1) is 7.11 Å². The first-order chi connectivity index (χ1) is 11.7. The number of hydrogen-bond acceptors (Lipinski definition) is 4. The molecule has 0 aliphatic rings. The van der Waals surface area contributed by atoms with E-state index in [2.05, 4.69) is 4.98 Å². The van der Waals surface area contributed by atoms with Gasteiger partial charge in [-0.2, -0.15) is 0 Å². The highest BCUT2D eigenvalue weighted by Gasteiger charge is 2.05. The molecular weight excluding hydrogens is 326 g/mol. The van der Waals surface area contributed by atoms with Gasteiger partial charge in [0.2, 0.25) is 5.89 Å². The number of rotatable bonds is 6. The third-order valence-corrected chi connectivity index (χ3v) is 3.89. The normalized spacial score (nSPS) is 12.6. The predicted octanol–water partition coefficient (Wildman–Crippen LogP) is 5.36. The molecule has 0 aliphatic heterocycles. The van der Waals surface area contributed by atoms with E-state index in [-0.39, 0.29) is 5.56 Å². The van der Waals surface area contributed by atoms with Crippen molar-refractivity contribution < 1.29 is 13.9 Å². The number of aromatic nitrogens is 1. The second-order valence-corrected chi connectivity index (χ2v) is 5.71. The first-order valence-electron chi connectivity index (χ1n) is 7.71. The van der Waals surface area contributed by atoms with Crippen LogP contribution in [0.3, 0.4) is 0 Å². The van der Waals surface area contributed by atoms with Gasteiger partial charge in [-0.15, -0.1) is 0 Å². The molecule has 1 unspecified atom stereocenters. The SMILES string of the molecule is CCC(Cl)Oc1ccc(/C=C/c2nc3ccc(OC)cc3o2)cc1. The zero-order valence-corrected chi connectivity index (χ0v) is 14.3. The fourth-order valence-corrected chi connectivity index (χ4v) is 2.28. The summed E-state index contributed by atoms with van der Waals surface area (Å²) < 4.78 is 16.4. The van der Waals surface area contributed by atoms with E-state index in [1.807, 2.05) is 61.5 Å². The van der Waals surface area contributed by atoms with Crippen LogP contribution >= 0.6 is 11.6 Å². The van der Waals surface area contributed by atoms with Crippen LogP contribution in [0, 0.1) is 0 Å². The number of hydrogen-bond donors (Lipinski definition) is 0. The Balaban J connectivity index is 1.73. The van der Waals surface area contributed by atoms with E-state index in [1.54, 1.807) is 7.11 Å². The minimum Gasteiger partial charge on any atom is -0.497 e. The van der Waals surface area contributed by atoms with Crippen molar-refractivity contribution in [2.24, 2.45) is 0 Å². The van der Waals surface area contributed by atoms with Gasteiger partial charge in [0, 0.05) is 12.1 Å². The largest absolute Gasteiger partial charge is 0.497 e.